The Morgan fingerprint density at radius 1 is 1.32 bits per heavy atom. The molecule has 0 aliphatic carbocycles. The van der Waals surface area contributed by atoms with Crippen molar-refractivity contribution in [1.82, 2.24) is 19.6 Å². The van der Waals surface area contributed by atoms with Gasteiger partial charge in [0.15, 0.2) is 0 Å². The third kappa shape index (κ3) is 4.80. The average molecular weight is 308 g/mol. The van der Waals surface area contributed by atoms with E-state index >= 15 is 0 Å². The smallest absolute Gasteiger partial charge is 0.0638 e. The largest absolute Gasteiger partial charge is 0.396 e. The lowest BCUT2D eigenvalue weighted by Crippen LogP contribution is -2.54. The normalized spacial score (nSPS) is 21.5. The molecule has 2 rings (SSSR count). The van der Waals surface area contributed by atoms with E-state index in [1.54, 1.807) is 0 Å². The van der Waals surface area contributed by atoms with E-state index in [1.165, 1.54) is 5.56 Å². The van der Waals surface area contributed by atoms with Crippen molar-refractivity contribution in [2.75, 3.05) is 32.8 Å². The number of aliphatic hydroxyl groups is 1. The first-order chi connectivity index (χ1) is 10.3. The summed E-state index contributed by atoms with van der Waals surface area (Å²) in [4.78, 5) is 5.06. The highest BCUT2D eigenvalue weighted by atomic mass is 16.3. The molecule has 2 heterocycles. The number of hydrogen-bond acceptors (Lipinski definition) is 4. The summed E-state index contributed by atoms with van der Waals surface area (Å²) in [6.45, 7) is 14.5. The molecule has 1 unspecified atom stereocenters. The lowest BCUT2D eigenvalue weighted by Gasteiger charge is -2.43. The number of piperazine rings is 1. The van der Waals surface area contributed by atoms with E-state index in [2.05, 4.69) is 48.8 Å². The minimum atomic E-state index is 0.269. The third-order valence-electron chi connectivity index (χ3n) is 4.34. The Hall–Kier alpha value is -0.910. The van der Waals surface area contributed by atoms with E-state index in [0.29, 0.717) is 11.5 Å². The van der Waals surface area contributed by atoms with E-state index in [-0.39, 0.29) is 6.61 Å². The molecule has 1 fully saturated rings. The van der Waals surface area contributed by atoms with Crippen molar-refractivity contribution in [3.63, 3.8) is 0 Å². The van der Waals surface area contributed by atoms with Gasteiger partial charge in [0.1, 0.15) is 0 Å². The van der Waals surface area contributed by atoms with Crippen molar-refractivity contribution in [2.45, 2.75) is 46.7 Å². The second-order valence-corrected chi connectivity index (χ2v) is 7.85. The Morgan fingerprint density at radius 3 is 2.59 bits per heavy atom. The topological polar surface area (TPSA) is 44.5 Å². The number of aliphatic hydroxyl groups excluding tert-OH is 1. The zero-order chi connectivity index (χ0) is 16.3. The van der Waals surface area contributed by atoms with Gasteiger partial charge in [-0.2, -0.15) is 5.10 Å². The van der Waals surface area contributed by atoms with Crippen LogP contribution in [-0.4, -0.2) is 63.5 Å². The molecule has 5 heteroatoms. The number of aryl methyl sites for hydroxylation is 2. The maximum Gasteiger partial charge on any atom is 0.0638 e. The first kappa shape index (κ1) is 17.4. The van der Waals surface area contributed by atoms with E-state index < -0.39 is 0 Å². The van der Waals surface area contributed by atoms with Crippen LogP contribution in [0.4, 0.5) is 0 Å². The van der Waals surface area contributed by atoms with E-state index in [4.69, 9.17) is 0 Å². The molecule has 0 spiro atoms. The molecule has 0 aromatic carbocycles. The summed E-state index contributed by atoms with van der Waals surface area (Å²) >= 11 is 0. The number of aromatic nitrogens is 2. The maximum absolute atomic E-state index is 9.40. The minimum absolute atomic E-state index is 0.269. The summed E-state index contributed by atoms with van der Waals surface area (Å²) in [5.74, 6) is 0. The number of rotatable bonds is 5. The lowest BCUT2D eigenvalue weighted by molar-refractivity contribution is 0.0339. The fourth-order valence-electron chi connectivity index (χ4n) is 3.39. The van der Waals surface area contributed by atoms with Crippen LogP contribution >= 0.6 is 0 Å². The molecule has 5 nitrogen and oxygen atoms in total. The lowest BCUT2D eigenvalue weighted by atomic mass is 9.94. The number of nitrogens with zero attached hydrogens (tertiary/aromatic N) is 4. The van der Waals surface area contributed by atoms with Crippen LogP contribution in [0.3, 0.4) is 0 Å². The van der Waals surface area contributed by atoms with E-state index in [1.807, 2.05) is 11.7 Å². The zero-order valence-electron chi connectivity index (χ0n) is 14.8. The summed E-state index contributed by atoms with van der Waals surface area (Å²) < 4.78 is 1.89. The highest BCUT2D eigenvalue weighted by Gasteiger charge is 2.29. The first-order valence-corrected chi connectivity index (χ1v) is 8.35. The van der Waals surface area contributed by atoms with Gasteiger partial charge >= 0.3 is 0 Å². The summed E-state index contributed by atoms with van der Waals surface area (Å²) in [6.07, 6.45) is 2.98. The fraction of sp³-hybridized carbons (Fsp3) is 0.824. The molecule has 1 aliphatic heterocycles. The standard InChI is InChI=1S/C17H32N4O/c1-14-15(10-19(5)18-14)11-20-7-8-21(13-17(2,3)4)16(12-20)6-9-22/h10,16,22H,6-9,11-13H2,1-5H3. The molecule has 1 atom stereocenters. The molecule has 0 amide bonds. The van der Waals surface area contributed by atoms with Crippen LogP contribution in [0.2, 0.25) is 0 Å². The van der Waals surface area contributed by atoms with Crippen molar-refractivity contribution >= 4 is 0 Å². The minimum Gasteiger partial charge on any atom is -0.396 e. The van der Waals surface area contributed by atoms with Gasteiger partial charge in [0, 0.05) is 64.2 Å². The fourth-order valence-corrected chi connectivity index (χ4v) is 3.39. The van der Waals surface area contributed by atoms with Gasteiger partial charge in [-0.3, -0.25) is 14.5 Å². The highest BCUT2D eigenvalue weighted by molar-refractivity contribution is 5.15. The van der Waals surface area contributed by atoms with Gasteiger partial charge in [-0.15, -0.1) is 0 Å². The predicted molar refractivity (Wildman–Crippen MR) is 89.7 cm³/mol. The summed E-state index contributed by atoms with van der Waals surface area (Å²) in [5.41, 5.74) is 2.74. The third-order valence-corrected chi connectivity index (χ3v) is 4.34. The predicted octanol–water partition coefficient (Wildman–Crippen LogP) is 1.64. The van der Waals surface area contributed by atoms with Crippen molar-refractivity contribution in [3.8, 4) is 0 Å². The van der Waals surface area contributed by atoms with Crippen LogP contribution in [0.25, 0.3) is 0 Å². The molecule has 126 valence electrons. The molecular formula is C17H32N4O. The van der Waals surface area contributed by atoms with E-state index in [9.17, 15) is 5.11 Å². The molecule has 1 saturated heterocycles. The quantitative estimate of drug-likeness (QED) is 0.898. The molecule has 0 radical (unpaired) electrons. The Morgan fingerprint density at radius 2 is 2.05 bits per heavy atom. The summed E-state index contributed by atoms with van der Waals surface area (Å²) in [7, 11) is 1.98. The van der Waals surface area contributed by atoms with Gasteiger partial charge in [0.2, 0.25) is 0 Å². The Labute approximate surface area is 134 Å². The van der Waals surface area contributed by atoms with Crippen LogP contribution in [0.15, 0.2) is 6.20 Å². The summed E-state index contributed by atoms with van der Waals surface area (Å²) in [6, 6.07) is 0.454. The zero-order valence-corrected chi connectivity index (χ0v) is 14.8. The molecule has 1 N–H and O–H groups in total. The highest BCUT2D eigenvalue weighted by Crippen LogP contribution is 2.22. The molecule has 22 heavy (non-hydrogen) atoms. The van der Waals surface area contributed by atoms with Gasteiger partial charge in [0.05, 0.1) is 5.69 Å². The van der Waals surface area contributed by atoms with Crippen LogP contribution in [0.1, 0.15) is 38.4 Å². The second kappa shape index (κ2) is 7.11. The van der Waals surface area contributed by atoms with Crippen molar-refractivity contribution in [1.29, 1.82) is 0 Å². The van der Waals surface area contributed by atoms with Gasteiger partial charge < -0.3 is 5.11 Å². The van der Waals surface area contributed by atoms with Crippen LogP contribution in [0.5, 0.6) is 0 Å². The summed E-state index contributed by atoms with van der Waals surface area (Å²) in [5, 5.41) is 13.8. The molecule has 1 aromatic rings. The average Bonchev–Trinajstić information content (AvgIpc) is 2.70. The second-order valence-electron chi connectivity index (χ2n) is 7.85. The van der Waals surface area contributed by atoms with Gasteiger partial charge in [-0.1, -0.05) is 20.8 Å². The molecule has 0 saturated carbocycles. The monoisotopic (exact) mass is 308 g/mol. The van der Waals surface area contributed by atoms with Gasteiger partial charge in [-0.25, -0.2) is 0 Å². The Kier molecular flexibility index (Phi) is 5.64. The molecule has 0 bridgehead atoms. The van der Waals surface area contributed by atoms with Crippen molar-refractivity contribution in [2.24, 2.45) is 12.5 Å². The molecule has 1 aromatic heterocycles. The number of hydrogen-bond donors (Lipinski definition) is 1. The molecule has 1 aliphatic rings. The van der Waals surface area contributed by atoms with Crippen molar-refractivity contribution in [3.05, 3.63) is 17.5 Å². The Bertz CT molecular complexity index is 477. The van der Waals surface area contributed by atoms with E-state index in [0.717, 1.165) is 44.8 Å². The Balaban J connectivity index is 1.98. The van der Waals surface area contributed by atoms with Gasteiger partial charge in [0.25, 0.3) is 0 Å². The molecular weight excluding hydrogens is 276 g/mol. The SMILES string of the molecule is Cc1nn(C)cc1CN1CCN(CC(C)(C)C)C(CCO)C1. The van der Waals surface area contributed by atoms with Crippen LogP contribution in [0, 0.1) is 12.3 Å². The van der Waals surface area contributed by atoms with Crippen LogP contribution in [-0.2, 0) is 13.6 Å². The van der Waals surface area contributed by atoms with Crippen molar-refractivity contribution < 1.29 is 5.11 Å². The first-order valence-electron chi connectivity index (χ1n) is 8.35. The maximum atomic E-state index is 9.40. The van der Waals surface area contributed by atoms with Gasteiger partial charge in [-0.05, 0) is 18.8 Å². The van der Waals surface area contributed by atoms with Crippen LogP contribution < -0.4 is 0 Å².